The molecule has 0 fully saturated rings. The molecule has 0 atom stereocenters. The van der Waals surface area contributed by atoms with E-state index < -0.39 is 0 Å². The van der Waals surface area contributed by atoms with Crippen LogP contribution in [0.25, 0.3) is 22.1 Å². The molecule has 0 amide bonds. The summed E-state index contributed by atoms with van der Waals surface area (Å²) < 4.78 is 4.20. The van der Waals surface area contributed by atoms with Crippen molar-refractivity contribution in [1.82, 2.24) is 0 Å². The Balaban J connectivity index is 0.00000169. The van der Waals surface area contributed by atoms with Gasteiger partial charge in [-0.1, -0.05) is 24.3 Å². The number of pyridine rings is 2. The van der Waals surface area contributed by atoms with Crippen LogP contribution in [0.5, 0.6) is 0 Å². The van der Waals surface area contributed by atoms with Gasteiger partial charge in [0, 0.05) is 63.9 Å². The third-order valence-electron chi connectivity index (χ3n) is 4.08. The van der Waals surface area contributed by atoms with E-state index in [1.54, 1.807) is 0 Å². The number of nitrogens with zero attached hydrogens (tertiary/aromatic N) is 2. The van der Waals surface area contributed by atoms with Crippen molar-refractivity contribution >= 4 is 10.8 Å². The average Bonchev–Trinajstić information content (AvgIpc) is 2.62. The first-order chi connectivity index (χ1) is 11.3. The summed E-state index contributed by atoms with van der Waals surface area (Å²) in [5, 5.41) is 2.46. The summed E-state index contributed by atoms with van der Waals surface area (Å²) in [6, 6.07) is 25.2. The van der Waals surface area contributed by atoms with E-state index in [2.05, 4.69) is 78.5 Å². The third-order valence-corrected chi connectivity index (χ3v) is 4.08. The molecule has 2 aromatic heterocycles. The summed E-state index contributed by atoms with van der Waals surface area (Å²) in [5.41, 5.74) is 3.52. The summed E-state index contributed by atoms with van der Waals surface area (Å²) in [6.07, 6.45) is 7.32. The Hall–Kier alpha value is -1.90. The van der Waals surface area contributed by atoms with Gasteiger partial charge in [-0.25, -0.2) is 0 Å². The second-order valence-corrected chi connectivity index (χ2v) is 5.63. The molecule has 3 heteroatoms. The van der Waals surface area contributed by atoms with Gasteiger partial charge in [-0.2, -0.15) is 4.57 Å². The maximum absolute atomic E-state index is 3.21. The van der Waals surface area contributed by atoms with E-state index in [4.69, 9.17) is 0 Å². The Morgan fingerprint density at radius 2 is 1.46 bits per heavy atom. The molecule has 0 saturated heterocycles. The molecule has 24 heavy (non-hydrogen) atoms. The molecule has 2 heterocycles. The van der Waals surface area contributed by atoms with Crippen LogP contribution in [0.15, 0.2) is 85.2 Å². The van der Waals surface area contributed by atoms with Crippen LogP contribution in [0.1, 0.15) is 5.69 Å². The van der Waals surface area contributed by atoms with Crippen molar-refractivity contribution in [2.24, 2.45) is 0 Å². The molecule has 4 rings (SSSR count). The molecular formula is C21H17N2Y+. The molecular weight excluding hydrogens is 369 g/mol. The van der Waals surface area contributed by atoms with Gasteiger partial charge < -0.3 is 0 Å². The molecule has 0 saturated carbocycles. The minimum absolute atomic E-state index is 0. The van der Waals surface area contributed by atoms with Crippen LogP contribution >= 0.6 is 0 Å². The van der Waals surface area contributed by atoms with E-state index in [0.717, 1.165) is 5.69 Å². The summed E-state index contributed by atoms with van der Waals surface area (Å²) in [6.45, 7) is 2.12. The smallest absolute Gasteiger partial charge is 0.211 e. The van der Waals surface area contributed by atoms with Crippen LogP contribution in [-0.4, -0.2) is 0 Å². The van der Waals surface area contributed by atoms with Crippen molar-refractivity contribution in [3.63, 3.8) is 0 Å². The molecule has 0 bridgehead atoms. The van der Waals surface area contributed by atoms with Gasteiger partial charge in [-0.3, -0.25) is 4.57 Å². The molecule has 2 nitrogen and oxygen atoms in total. The summed E-state index contributed by atoms with van der Waals surface area (Å²) in [4.78, 5) is 0. The maximum Gasteiger partial charge on any atom is 0.211 e. The SMILES string of the molecule is Cc1cccc[n+]1-c1ccc2cc(-[n+]3[c-]cccc3)ccc2c1.[Y]. The number of benzene rings is 2. The van der Waals surface area contributed by atoms with Crippen molar-refractivity contribution in [2.75, 3.05) is 0 Å². The van der Waals surface area contributed by atoms with E-state index in [0.29, 0.717) is 0 Å². The van der Waals surface area contributed by atoms with Crippen molar-refractivity contribution in [1.29, 1.82) is 0 Å². The standard InChI is InChI=1S/C21H17N2.Y/c1-17-7-3-6-14-23(17)21-11-9-18-15-20(10-8-19(18)16-21)22-12-4-2-5-13-22;/h2-12,14-16H,1H3;/q+1;. The van der Waals surface area contributed by atoms with Gasteiger partial charge in [-0.05, 0) is 29.0 Å². The van der Waals surface area contributed by atoms with Crippen LogP contribution in [0.4, 0.5) is 0 Å². The van der Waals surface area contributed by atoms with Gasteiger partial charge in [0.25, 0.3) is 0 Å². The topological polar surface area (TPSA) is 7.76 Å². The molecule has 0 N–H and O–H groups in total. The van der Waals surface area contributed by atoms with Gasteiger partial charge >= 0.3 is 0 Å². The number of fused-ring (bicyclic) bond motifs is 1. The van der Waals surface area contributed by atoms with Gasteiger partial charge in [0.05, 0.1) is 6.20 Å². The molecule has 0 aliphatic carbocycles. The second kappa shape index (κ2) is 7.33. The molecule has 0 spiro atoms. The molecule has 0 aliphatic rings. The minimum atomic E-state index is 0. The van der Waals surface area contributed by atoms with Gasteiger partial charge in [-0.15, -0.1) is 6.07 Å². The second-order valence-electron chi connectivity index (χ2n) is 5.63. The average molecular weight is 386 g/mol. The minimum Gasteiger partial charge on any atom is -0.285 e. The first kappa shape index (κ1) is 16.9. The maximum atomic E-state index is 3.21. The molecule has 0 aliphatic heterocycles. The monoisotopic (exact) mass is 386 g/mol. The molecule has 0 unspecified atom stereocenters. The first-order valence-corrected chi connectivity index (χ1v) is 7.71. The number of aryl methyl sites for hydroxylation is 1. The van der Waals surface area contributed by atoms with E-state index in [1.807, 2.05) is 29.0 Å². The number of hydrogen-bond acceptors (Lipinski definition) is 0. The van der Waals surface area contributed by atoms with Gasteiger partial charge in [0.1, 0.15) is 5.69 Å². The summed E-state index contributed by atoms with van der Waals surface area (Å²) in [7, 11) is 0. The predicted molar refractivity (Wildman–Crippen MR) is 90.6 cm³/mol. The van der Waals surface area contributed by atoms with Crippen LogP contribution in [0, 0.1) is 13.1 Å². The normalized spacial score (nSPS) is 10.4. The number of rotatable bonds is 2. The number of hydrogen-bond donors (Lipinski definition) is 0. The third kappa shape index (κ3) is 3.31. The van der Waals surface area contributed by atoms with Crippen LogP contribution in [-0.2, 0) is 32.7 Å². The molecule has 113 valence electrons. The van der Waals surface area contributed by atoms with Crippen molar-refractivity contribution < 1.29 is 41.8 Å². The van der Waals surface area contributed by atoms with Gasteiger partial charge in [0.15, 0.2) is 18.1 Å². The largest absolute Gasteiger partial charge is 0.285 e. The molecule has 2 aromatic carbocycles. The van der Waals surface area contributed by atoms with Crippen molar-refractivity contribution in [2.45, 2.75) is 6.92 Å². The van der Waals surface area contributed by atoms with Crippen molar-refractivity contribution in [3.05, 3.63) is 97.1 Å². The zero-order valence-corrected chi connectivity index (χ0v) is 16.4. The fourth-order valence-corrected chi connectivity index (χ4v) is 2.86. The molecule has 4 aromatic rings. The van der Waals surface area contributed by atoms with E-state index in [1.165, 1.54) is 22.2 Å². The fraction of sp³-hybridized carbons (Fsp3) is 0.0476. The zero-order chi connectivity index (χ0) is 15.6. The predicted octanol–water partition coefficient (Wildman–Crippen LogP) is 3.50. The first-order valence-electron chi connectivity index (χ1n) is 7.71. The zero-order valence-electron chi connectivity index (χ0n) is 13.6. The van der Waals surface area contributed by atoms with E-state index in [-0.39, 0.29) is 32.7 Å². The summed E-state index contributed by atoms with van der Waals surface area (Å²) >= 11 is 0. The van der Waals surface area contributed by atoms with E-state index in [9.17, 15) is 0 Å². The summed E-state index contributed by atoms with van der Waals surface area (Å²) in [5.74, 6) is 0. The van der Waals surface area contributed by atoms with E-state index >= 15 is 0 Å². The number of aromatic nitrogens is 2. The Labute approximate surface area is 167 Å². The Bertz CT molecular complexity index is 981. The molecule has 1 radical (unpaired) electrons. The van der Waals surface area contributed by atoms with Crippen LogP contribution in [0.2, 0.25) is 0 Å². The fourth-order valence-electron chi connectivity index (χ4n) is 2.86. The Morgan fingerprint density at radius 3 is 2.17 bits per heavy atom. The van der Waals surface area contributed by atoms with Crippen LogP contribution in [0.3, 0.4) is 0 Å². The van der Waals surface area contributed by atoms with Crippen molar-refractivity contribution in [3.8, 4) is 11.4 Å². The Kier molecular flexibility index (Phi) is 5.18. The van der Waals surface area contributed by atoms with Gasteiger partial charge in [0.2, 0.25) is 5.69 Å². The Morgan fingerprint density at radius 1 is 0.750 bits per heavy atom. The van der Waals surface area contributed by atoms with Crippen LogP contribution < -0.4 is 9.13 Å². The quantitative estimate of drug-likeness (QED) is 0.368.